The highest BCUT2D eigenvalue weighted by Crippen LogP contribution is 2.27. The first-order chi connectivity index (χ1) is 6.75. The number of halogens is 3. The van der Waals surface area contributed by atoms with Crippen LogP contribution in [0.3, 0.4) is 0 Å². The van der Waals surface area contributed by atoms with E-state index in [1.165, 1.54) is 0 Å². The summed E-state index contributed by atoms with van der Waals surface area (Å²) in [5, 5.41) is 4.61. The molecule has 84 valence electrons. The van der Waals surface area contributed by atoms with Gasteiger partial charge in [0, 0.05) is 0 Å². The lowest BCUT2D eigenvalue weighted by Gasteiger charge is -2.07. The molecule has 1 heterocycles. The van der Waals surface area contributed by atoms with Gasteiger partial charge in [-0.05, 0) is 0 Å². The smallest absolute Gasteiger partial charge is 0.283 e. The fourth-order valence-electron chi connectivity index (χ4n) is 0.939. The monoisotopic (exact) mass is 241 g/mol. The van der Waals surface area contributed by atoms with Crippen molar-refractivity contribution in [1.29, 1.82) is 0 Å². The third-order valence-corrected chi connectivity index (χ3v) is 2.50. The van der Waals surface area contributed by atoms with E-state index in [2.05, 4.69) is 10.1 Å². The van der Waals surface area contributed by atoms with Crippen LogP contribution in [0.15, 0.2) is 11.1 Å². The van der Waals surface area contributed by atoms with Crippen LogP contribution in [0.5, 0.6) is 0 Å². The second-order valence-electron chi connectivity index (χ2n) is 2.59. The fraction of sp³-hybridized carbons (Fsp3) is 0.167. The highest BCUT2D eigenvalue weighted by molar-refractivity contribution is 7.89. The van der Waals surface area contributed by atoms with Crippen LogP contribution in [0.1, 0.15) is 12.1 Å². The molecule has 0 aliphatic heterocycles. The van der Waals surface area contributed by atoms with Gasteiger partial charge < -0.3 is 5.73 Å². The second-order valence-corrected chi connectivity index (χ2v) is 4.09. The van der Waals surface area contributed by atoms with Gasteiger partial charge in [0.1, 0.15) is 10.6 Å². The molecule has 0 bridgehead atoms. The highest BCUT2D eigenvalue weighted by atomic mass is 32.2. The molecule has 0 aliphatic rings. The predicted octanol–water partition coefficient (Wildman–Crippen LogP) is 0.388. The first-order valence-corrected chi connectivity index (χ1v) is 5.04. The molecule has 1 rings (SSSR count). The van der Waals surface area contributed by atoms with Crippen LogP contribution in [0.4, 0.5) is 18.9 Å². The zero-order valence-corrected chi connectivity index (χ0v) is 7.93. The fourth-order valence-corrected chi connectivity index (χ4v) is 1.67. The number of nitrogens with two attached hydrogens (primary N) is 2. The molecule has 4 N–H and O–H groups in total. The number of primary sulfonamides is 1. The van der Waals surface area contributed by atoms with Gasteiger partial charge in [-0.2, -0.15) is 0 Å². The summed E-state index contributed by atoms with van der Waals surface area (Å²) in [6, 6.07) is 0. The van der Waals surface area contributed by atoms with Crippen molar-refractivity contribution in [2.75, 3.05) is 5.73 Å². The van der Waals surface area contributed by atoms with Crippen molar-refractivity contribution in [3.05, 3.63) is 17.7 Å². The Morgan fingerprint density at radius 1 is 1.40 bits per heavy atom. The number of sulfonamides is 1. The van der Waals surface area contributed by atoms with Crippen molar-refractivity contribution >= 4 is 15.7 Å². The van der Waals surface area contributed by atoms with Crippen molar-refractivity contribution in [2.45, 2.75) is 11.3 Å². The van der Waals surface area contributed by atoms with Gasteiger partial charge in [-0.1, -0.05) is 0 Å². The first-order valence-electron chi connectivity index (χ1n) is 3.50. The van der Waals surface area contributed by atoms with Gasteiger partial charge in [-0.25, -0.2) is 31.7 Å². The molecule has 9 heteroatoms. The molecule has 1 aromatic rings. The lowest BCUT2D eigenvalue weighted by molar-refractivity contribution is 0.140. The molecular weight excluding hydrogens is 235 g/mol. The summed E-state index contributed by atoms with van der Waals surface area (Å²) in [7, 11) is -4.49. The number of nitrogen functional groups attached to an aromatic ring is 1. The normalized spacial score (nSPS) is 12.1. The molecule has 5 nitrogen and oxygen atoms in total. The van der Waals surface area contributed by atoms with Crippen molar-refractivity contribution in [3.8, 4) is 0 Å². The molecule has 15 heavy (non-hydrogen) atoms. The second kappa shape index (κ2) is 3.66. The molecule has 0 spiro atoms. The van der Waals surface area contributed by atoms with Gasteiger partial charge in [0.25, 0.3) is 6.43 Å². The largest absolute Gasteiger partial charge is 0.396 e. The first kappa shape index (κ1) is 11.7. The molecule has 0 saturated heterocycles. The Balaban J connectivity index is 3.59. The lowest BCUT2D eigenvalue weighted by atomic mass is 10.3. The van der Waals surface area contributed by atoms with Gasteiger partial charge >= 0.3 is 0 Å². The predicted molar refractivity (Wildman–Crippen MR) is 44.9 cm³/mol. The molecule has 0 aromatic carbocycles. The minimum Gasteiger partial charge on any atom is -0.396 e. The Labute approximate surface area is 83.0 Å². The molecule has 0 atom stereocenters. The van der Waals surface area contributed by atoms with Crippen molar-refractivity contribution < 1.29 is 21.6 Å². The minimum atomic E-state index is -4.49. The summed E-state index contributed by atoms with van der Waals surface area (Å²) in [4.78, 5) is 1.82. The van der Waals surface area contributed by atoms with Crippen LogP contribution < -0.4 is 10.9 Å². The number of aromatic nitrogens is 1. The van der Waals surface area contributed by atoms with Crippen LogP contribution in [0.2, 0.25) is 0 Å². The van der Waals surface area contributed by atoms with Gasteiger partial charge in [0.05, 0.1) is 11.9 Å². The van der Waals surface area contributed by atoms with Crippen LogP contribution in [-0.4, -0.2) is 13.4 Å². The number of rotatable bonds is 2. The molecule has 0 saturated carbocycles. The number of hydrogen-bond acceptors (Lipinski definition) is 4. The third-order valence-electron chi connectivity index (χ3n) is 1.52. The molecule has 0 amide bonds. The van der Waals surface area contributed by atoms with Gasteiger partial charge in [0.2, 0.25) is 10.0 Å². The minimum absolute atomic E-state index is 0.612. The highest BCUT2D eigenvalue weighted by Gasteiger charge is 2.26. The van der Waals surface area contributed by atoms with E-state index in [1.807, 2.05) is 0 Å². The molecule has 1 aromatic heterocycles. The zero-order chi connectivity index (χ0) is 11.8. The van der Waals surface area contributed by atoms with Crippen LogP contribution in [0.25, 0.3) is 0 Å². The van der Waals surface area contributed by atoms with Gasteiger partial charge in [-0.15, -0.1) is 0 Å². The maximum absolute atomic E-state index is 13.2. The average Bonchev–Trinajstić information content (AvgIpc) is 2.00. The van der Waals surface area contributed by atoms with E-state index in [9.17, 15) is 21.6 Å². The molecule has 0 unspecified atom stereocenters. The molecular formula is C6H6F3N3O2S. The zero-order valence-electron chi connectivity index (χ0n) is 7.12. The third kappa shape index (κ3) is 2.18. The summed E-state index contributed by atoms with van der Waals surface area (Å²) in [6.07, 6.45) is -2.63. The van der Waals surface area contributed by atoms with Crippen molar-refractivity contribution in [3.63, 3.8) is 0 Å². The Hall–Kier alpha value is -1.35. The van der Waals surface area contributed by atoms with E-state index in [0.717, 1.165) is 0 Å². The van der Waals surface area contributed by atoms with Gasteiger partial charge in [0.15, 0.2) is 5.82 Å². The van der Waals surface area contributed by atoms with E-state index >= 15 is 0 Å². The van der Waals surface area contributed by atoms with Crippen molar-refractivity contribution in [2.24, 2.45) is 5.14 Å². The summed E-state index contributed by atoms with van der Waals surface area (Å²) in [6.45, 7) is 0. The Kier molecular flexibility index (Phi) is 2.86. The Bertz CT molecular complexity index is 489. The number of pyridine rings is 1. The maximum atomic E-state index is 13.2. The van der Waals surface area contributed by atoms with Gasteiger partial charge in [-0.3, -0.25) is 0 Å². The van der Waals surface area contributed by atoms with E-state index in [1.54, 1.807) is 0 Å². The van der Waals surface area contributed by atoms with Crippen molar-refractivity contribution in [1.82, 2.24) is 4.98 Å². The average molecular weight is 241 g/mol. The van der Waals surface area contributed by atoms with Crippen LogP contribution in [-0.2, 0) is 10.0 Å². The summed E-state index contributed by atoms with van der Waals surface area (Å²) < 4.78 is 59.2. The van der Waals surface area contributed by atoms with Crippen LogP contribution in [0, 0.1) is 5.82 Å². The SMILES string of the molecule is Nc1cnc(C(F)F)c(F)c1S(N)(=O)=O. The summed E-state index contributed by atoms with van der Waals surface area (Å²) in [5.41, 5.74) is 3.16. The molecule has 0 radical (unpaired) electrons. The Morgan fingerprint density at radius 2 is 1.93 bits per heavy atom. The molecule has 0 aliphatic carbocycles. The number of nitrogens with zero attached hydrogens (tertiary/aromatic N) is 1. The van der Waals surface area contributed by atoms with E-state index in [-0.39, 0.29) is 0 Å². The number of hydrogen-bond donors (Lipinski definition) is 2. The maximum Gasteiger partial charge on any atom is 0.283 e. The van der Waals surface area contributed by atoms with Crippen LogP contribution >= 0.6 is 0 Å². The summed E-state index contributed by atoms with van der Waals surface area (Å²) in [5.74, 6) is -1.72. The number of alkyl halides is 2. The van der Waals surface area contributed by atoms with E-state index in [4.69, 9.17) is 5.73 Å². The standard InChI is InChI=1S/C6H6F3N3O2S/c7-3-4(6(8)9)12-1-2(10)5(3)15(11,13)14/h1,6H,10H2,(H2,11,13,14). The topological polar surface area (TPSA) is 99.1 Å². The van der Waals surface area contributed by atoms with E-state index < -0.39 is 38.5 Å². The Morgan fingerprint density at radius 3 is 2.33 bits per heavy atom. The molecule has 0 fully saturated rings. The quantitative estimate of drug-likeness (QED) is 0.782. The summed E-state index contributed by atoms with van der Waals surface area (Å²) >= 11 is 0. The van der Waals surface area contributed by atoms with E-state index in [0.29, 0.717) is 6.20 Å². The lowest BCUT2D eigenvalue weighted by Crippen LogP contribution is -2.18. The number of anilines is 1.